The van der Waals surface area contributed by atoms with E-state index >= 15 is 0 Å². The molecule has 128 valence electrons. The average molecular weight is 314 g/mol. The van der Waals surface area contributed by atoms with E-state index in [4.69, 9.17) is 5.11 Å². The molecule has 0 aliphatic rings. The van der Waals surface area contributed by atoms with Gasteiger partial charge in [-0.3, -0.25) is 14.4 Å². The molecule has 0 rings (SSSR count). The van der Waals surface area contributed by atoms with Crippen molar-refractivity contribution in [2.45, 2.75) is 77.7 Å². The van der Waals surface area contributed by atoms with Crippen LogP contribution < -0.4 is 10.6 Å². The van der Waals surface area contributed by atoms with E-state index in [0.717, 1.165) is 19.3 Å². The van der Waals surface area contributed by atoms with Crippen molar-refractivity contribution in [2.24, 2.45) is 0 Å². The summed E-state index contributed by atoms with van der Waals surface area (Å²) >= 11 is 0. The van der Waals surface area contributed by atoms with Crippen LogP contribution in [0.15, 0.2) is 0 Å². The molecule has 0 aromatic rings. The zero-order chi connectivity index (χ0) is 16.8. The lowest BCUT2D eigenvalue weighted by atomic mass is 10.1. The molecule has 0 aromatic carbocycles. The number of rotatable bonds is 13. The van der Waals surface area contributed by atoms with Crippen LogP contribution in [0.2, 0.25) is 0 Å². The summed E-state index contributed by atoms with van der Waals surface area (Å²) < 4.78 is 0. The summed E-state index contributed by atoms with van der Waals surface area (Å²) in [5.74, 6) is -1.75. The van der Waals surface area contributed by atoms with Gasteiger partial charge in [-0.15, -0.1) is 0 Å². The third kappa shape index (κ3) is 12.2. The van der Waals surface area contributed by atoms with Gasteiger partial charge in [0.05, 0.1) is 6.54 Å². The van der Waals surface area contributed by atoms with Crippen LogP contribution in [0.25, 0.3) is 0 Å². The van der Waals surface area contributed by atoms with E-state index in [1.807, 2.05) is 0 Å². The van der Waals surface area contributed by atoms with Crippen molar-refractivity contribution in [3.8, 4) is 0 Å². The topological polar surface area (TPSA) is 95.5 Å². The Bertz CT molecular complexity index is 345. The summed E-state index contributed by atoms with van der Waals surface area (Å²) in [6.45, 7) is 3.40. The number of carboxylic acids is 1. The quantitative estimate of drug-likeness (QED) is 0.454. The number of unbranched alkanes of at least 4 members (excludes halogenated alkanes) is 7. The molecule has 22 heavy (non-hydrogen) atoms. The van der Waals surface area contributed by atoms with Gasteiger partial charge in [0, 0.05) is 6.42 Å². The van der Waals surface area contributed by atoms with E-state index in [9.17, 15) is 14.4 Å². The lowest BCUT2D eigenvalue weighted by Gasteiger charge is -2.10. The van der Waals surface area contributed by atoms with Crippen LogP contribution in [-0.4, -0.2) is 35.5 Å². The molecule has 0 spiro atoms. The second-order valence-electron chi connectivity index (χ2n) is 5.63. The molecule has 0 aliphatic carbocycles. The van der Waals surface area contributed by atoms with E-state index in [2.05, 4.69) is 17.6 Å². The molecule has 0 aliphatic heterocycles. The first-order valence-electron chi connectivity index (χ1n) is 8.26. The van der Waals surface area contributed by atoms with Crippen molar-refractivity contribution >= 4 is 17.8 Å². The standard InChI is InChI=1S/C16H30N2O4/c1-3-4-5-6-7-8-9-10-11-14(19)17-12-15(20)18-13(2)16(21)22/h13H,3-12H2,1-2H3,(H,17,19)(H,18,20)(H,21,22)/t13-/m0/s1. The Balaban J connectivity index is 3.50. The second-order valence-corrected chi connectivity index (χ2v) is 5.63. The summed E-state index contributed by atoms with van der Waals surface area (Å²) in [7, 11) is 0. The smallest absolute Gasteiger partial charge is 0.325 e. The zero-order valence-corrected chi connectivity index (χ0v) is 13.8. The lowest BCUT2D eigenvalue weighted by Crippen LogP contribution is -2.43. The number of carboxylic acid groups (broad SMARTS) is 1. The summed E-state index contributed by atoms with van der Waals surface area (Å²) in [6, 6.07) is -0.947. The molecule has 0 saturated heterocycles. The van der Waals surface area contributed by atoms with E-state index in [0.29, 0.717) is 6.42 Å². The Labute approximate surface area is 133 Å². The Morgan fingerprint density at radius 2 is 1.45 bits per heavy atom. The molecule has 3 N–H and O–H groups in total. The van der Waals surface area contributed by atoms with Crippen molar-refractivity contribution in [2.75, 3.05) is 6.54 Å². The van der Waals surface area contributed by atoms with Crippen molar-refractivity contribution in [1.29, 1.82) is 0 Å². The van der Waals surface area contributed by atoms with Gasteiger partial charge in [-0.1, -0.05) is 51.9 Å². The van der Waals surface area contributed by atoms with E-state index in [1.54, 1.807) is 0 Å². The number of amides is 2. The van der Waals surface area contributed by atoms with Crippen LogP contribution in [0, 0.1) is 0 Å². The largest absolute Gasteiger partial charge is 0.480 e. The Hall–Kier alpha value is -1.59. The van der Waals surface area contributed by atoms with Gasteiger partial charge in [-0.2, -0.15) is 0 Å². The minimum Gasteiger partial charge on any atom is -0.480 e. The molecule has 1 atom stereocenters. The maximum atomic E-state index is 11.5. The van der Waals surface area contributed by atoms with Gasteiger partial charge in [-0.25, -0.2) is 0 Å². The van der Waals surface area contributed by atoms with Crippen LogP contribution >= 0.6 is 0 Å². The van der Waals surface area contributed by atoms with Gasteiger partial charge in [0.25, 0.3) is 0 Å². The molecule has 6 nitrogen and oxygen atoms in total. The predicted molar refractivity (Wildman–Crippen MR) is 85.5 cm³/mol. The van der Waals surface area contributed by atoms with Crippen LogP contribution in [-0.2, 0) is 14.4 Å². The van der Waals surface area contributed by atoms with E-state index in [-0.39, 0.29) is 12.5 Å². The number of aliphatic carboxylic acids is 1. The fourth-order valence-corrected chi connectivity index (χ4v) is 2.04. The van der Waals surface area contributed by atoms with Gasteiger partial charge in [-0.05, 0) is 13.3 Å². The molecular formula is C16H30N2O4. The highest BCUT2D eigenvalue weighted by Crippen LogP contribution is 2.09. The molecule has 0 bridgehead atoms. The third-order valence-corrected chi connectivity index (χ3v) is 3.45. The normalized spacial score (nSPS) is 11.7. The van der Waals surface area contributed by atoms with Gasteiger partial charge in [0.15, 0.2) is 0 Å². The lowest BCUT2D eigenvalue weighted by molar-refractivity contribution is -0.141. The summed E-state index contributed by atoms with van der Waals surface area (Å²) in [6.07, 6.45) is 9.74. The van der Waals surface area contributed by atoms with Crippen molar-refractivity contribution in [3.05, 3.63) is 0 Å². The highest BCUT2D eigenvalue weighted by molar-refractivity contribution is 5.87. The highest BCUT2D eigenvalue weighted by atomic mass is 16.4. The molecule has 0 unspecified atom stereocenters. The summed E-state index contributed by atoms with van der Waals surface area (Å²) in [4.78, 5) is 33.5. The van der Waals surface area contributed by atoms with Crippen molar-refractivity contribution < 1.29 is 19.5 Å². The van der Waals surface area contributed by atoms with Crippen molar-refractivity contribution in [3.63, 3.8) is 0 Å². The number of carbonyl (C=O) groups excluding carboxylic acids is 2. The number of carbonyl (C=O) groups is 3. The van der Waals surface area contributed by atoms with E-state index < -0.39 is 17.9 Å². The van der Waals surface area contributed by atoms with Gasteiger partial charge >= 0.3 is 5.97 Å². The Morgan fingerprint density at radius 3 is 2.00 bits per heavy atom. The molecule has 0 radical (unpaired) electrons. The number of hydrogen-bond donors (Lipinski definition) is 3. The molecular weight excluding hydrogens is 284 g/mol. The highest BCUT2D eigenvalue weighted by Gasteiger charge is 2.14. The van der Waals surface area contributed by atoms with Crippen LogP contribution in [0.3, 0.4) is 0 Å². The van der Waals surface area contributed by atoms with E-state index in [1.165, 1.54) is 39.0 Å². The SMILES string of the molecule is CCCCCCCCCCC(=O)NCC(=O)N[C@@H](C)C(=O)O. The monoisotopic (exact) mass is 314 g/mol. The molecule has 0 saturated carbocycles. The first-order valence-corrected chi connectivity index (χ1v) is 8.26. The Morgan fingerprint density at radius 1 is 0.909 bits per heavy atom. The molecule has 0 aromatic heterocycles. The number of nitrogens with one attached hydrogen (secondary N) is 2. The second kappa shape index (κ2) is 13.1. The third-order valence-electron chi connectivity index (χ3n) is 3.45. The van der Waals surface area contributed by atoms with Crippen LogP contribution in [0.1, 0.15) is 71.6 Å². The average Bonchev–Trinajstić information content (AvgIpc) is 2.47. The summed E-state index contributed by atoms with van der Waals surface area (Å²) in [5, 5.41) is 13.4. The first-order chi connectivity index (χ1) is 10.5. The summed E-state index contributed by atoms with van der Waals surface area (Å²) in [5.41, 5.74) is 0. The van der Waals surface area contributed by atoms with Crippen LogP contribution in [0.5, 0.6) is 0 Å². The van der Waals surface area contributed by atoms with Gasteiger partial charge < -0.3 is 15.7 Å². The fourth-order valence-electron chi connectivity index (χ4n) is 2.04. The minimum absolute atomic E-state index is 0.163. The molecule has 2 amide bonds. The van der Waals surface area contributed by atoms with Crippen LogP contribution in [0.4, 0.5) is 0 Å². The minimum atomic E-state index is -1.10. The van der Waals surface area contributed by atoms with Gasteiger partial charge in [0.1, 0.15) is 6.04 Å². The number of hydrogen-bond acceptors (Lipinski definition) is 3. The zero-order valence-electron chi connectivity index (χ0n) is 13.8. The van der Waals surface area contributed by atoms with Crippen molar-refractivity contribution in [1.82, 2.24) is 10.6 Å². The molecule has 6 heteroatoms. The molecule has 0 fully saturated rings. The molecule has 0 heterocycles. The maximum absolute atomic E-state index is 11.5. The first kappa shape index (κ1) is 20.4. The predicted octanol–water partition coefficient (Wildman–Crippen LogP) is 2.22. The Kier molecular flexibility index (Phi) is 12.2. The maximum Gasteiger partial charge on any atom is 0.325 e. The fraction of sp³-hybridized carbons (Fsp3) is 0.812. The van der Waals surface area contributed by atoms with Gasteiger partial charge in [0.2, 0.25) is 11.8 Å².